The maximum atomic E-state index is 13.7. The van der Waals surface area contributed by atoms with Crippen LogP contribution >= 0.6 is 0 Å². The molecule has 1 atom stereocenters. The Hall–Kier alpha value is -1.09. The van der Waals surface area contributed by atoms with Crippen LogP contribution < -0.4 is 10.6 Å². The molecule has 0 aromatic heterocycles. The van der Waals surface area contributed by atoms with Gasteiger partial charge in [-0.05, 0) is 32.4 Å². The van der Waals surface area contributed by atoms with E-state index in [4.69, 9.17) is 5.73 Å². The fourth-order valence-electron chi connectivity index (χ4n) is 1.97. The summed E-state index contributed by atoms with van der Waals surface area (Å²) < 4.78 is 13.7. The third-order valence-electron chi connectivity index (χ3n) is 2.70. The van der Waals surface area contributed by atoms with Crippen LogP contribution in [0.1, 0.15) is 38.8 Å². The van der Waals surface area contributed by atoms with Crippen LogP contribution in [0.25, 0.3) is 0 Å². The van der Waals surface area contributed by atoms with Crippen molar-refractivity contribution in [3.63, 3.8) is 0 Å². The lowest BCUT2D eigenvalue weighted by atomic mass is 10.0. The lowest BCUT2D eigenvalue weighted by Gasteiger charge is -2.26. The Morgan fingerprint density at radius 1 is 1.38 bits per heavy atom. The minimum atomic E-state index is -0.276. The van der Waals surface area contributed by atoms with Crippen molar-refractivity contribution < 1.29 is 4.39 Å². The molecule has 0 fully saturated rings. The lowest BCUT2D eigenvalue weighted by molar-refractivity contribution is 0.591. The highest BCUT2D eigenvalue weighted by atomic mass is 19.1. The third-order valence-corrected chi connectivity index (χ3v) is 2.70. The van der Waals surface area contributed by atoms with Crippen LogP contribution in [-0.4, -0.2) is 13.1 Å². The highest BCUT2D eigenvalue weighted by Crippen LogP contribution is 2.27. The van der Waals surface area contributed by atoms with Gasteiger partial charge in [0.1, 0.15) is 5.82 Å². The molecule has 1 aromatic rings. The summed E-state index contributed by atoms with van der Waals surface area (Å²) in [6.07, 6.45) is 1.04. The van der Waals surface area contributed by atoms with Crippen LogP contribution in [0.4, 0.5) is 10.1 Å². The molecule has 0 bridgehead atoms. The van der Waals surface area contributed by atoms with Crippen molar-refractivity contribution in [2.45, 2.75) is 33.2 Å². The molecule has 0 aliphatic rings. The molecule has 0 heterocycles. The molecule has 1 rings (SSSR count). The smallest absolute Gasteiger partial charge is 0.130 e. The first-order valence-corrected chi connectivity index (χ1v) is 5.90. The molecule has 3 heteroatoms. The first-order chi connectivity index (χ1) is 7.61. The molecule has 0 aliphatic heterocycles. The highest BCUT2D eigenvalue weighted by molar-refractivity contribution is 5.55. The Kier molecular flexibility index (Phi) is 4.74. The van der Waals surface area contributed by atoms with Gasteiger partial charge in [-0.3, -0.25) is 0 Å². The van der Waals surface area contributed by atoms with Gasteiger partial charge in [-0.1, -0.05) is 13.0 Å². The fraction of sp³-hybridized carbons (Fsp3) is 0.538. The van der Waals surface area contributed by atoms with Gasteiger partial charge in [0.05, 0.1) is 0 Å². The van der Waals surface area contributed by atoms with Crippen molar-refractivity contribution in [3.05, 3.63) is 29.6 Å². The number of hydrogen-bond donors (Lipinski definition) is 1. The largest absolute Gasteiger partial charge is 0.371 e. The van der Waals surface area contributed by atoms with E-state index in [2.05, 4.69) is 18.7 Å². The zero-order chi connectivity index (χ0) is 12.1. The molecule has 0 saturated carbocycles. The molecule has 2 N–H and O–H groups in total. The van der Waals surface area contributed by atoms with E-state index in [-0.39, 0.29) is 11.9 Å². The second-order valence-electron chi connectivity index (χ2n) is 4.04. The molecule has 0 spiro atoms. The van der Waals surface area contributed by atoms with Crippen molar-refractivity contribution >= 4 is 5.69 Å². The Balaban J connectivity index is 3.15. The number of hydrogen-bond acceptors (Lipinski definition) is 2. The molecule has 1 unspecified atom stereocenters. The maximum absolute atomic E-state index is 13.7. The summed E-state index contributed by atoms with van der Waals surface area (Å²) in [5.74, 6) is -0.206. The van der Waals surface area contributed by atoms with Crippen LogP contribution in [0.5, 0.6) is 0 Å². The van der Waals surface area contributed by atoms with Gasteiger partial charge >= 0.3 is 0 Å². The van der Waals surface area contributed by atoms with E-state index in [1.54, 1.807) is 6.07 Å². The molecule has 0 aliphatic carbocycles. The molecule has 0 amide bonds. The van der Waals surface area contributed by atoms with E-state index >= 15 is 0 Å². The highest BCUT2D eigenvalue weighted by Gasteiger charge is 2.15. The van der Waals surface area contributed by atoms with E-state index in [1.807, 2.05) is 13.0 Å². The normalized spacial score (nSPS) is 12.6. The van der Waals surface area contributed by atoms with E-state index < -0.39 is 0 Å². The van der Waals surface area contributed by atoms with Gasteiger partial charge in [0.15, 0.2) is 0 Å². The molecule has 16 heavy (non-hydrogen) atoms. The number of anilines is 1. The van der Waals surface area contributed by atoms with Crippen LogP contribution in [0.15, 0.2) is 18.2 Å². The number of halogens is 1. The summed E-state index contributed by atoms with van der Waals surface area (Å²) in [7, 11) is 0. The van der Waals surface area contributed by atoms with Crippen LogP contribution in [0.3, 0.4) is 0 Å². The Labute approximate surface area is 97.3 Å². The van der Waals surface area contributed by atoms with Crippen LogP contribution in [-0.2, 0) is 0 Å². The summed E-state index contributed by atoms with van der Waals surface area (Å²) in [6, 6.07) is 4.89. The molecule has 0 radical (unpaired) electrons. The van der Waals surface area contributed by atoms with Crippen LogP contribution in [0, 0.1) is 5.82 Å². The Morgan fingerprint density at radius 3 is 2.56 bits per heavy atom. The second kappa shape index (κ2) is 5.85. The van der Waals surface area contributed by atoms with Gasteiger partial charge in [-0.15, -0.1) is 0 Å². The van der Waals surface area contributed by atoms with Gasteiger partial charge < -0.3 is 10.6 Å². The van der Waals surface area contributed by atoms with Gasteiger partial charge in [0.25, 0.3) is 0 Å². The summed E-state index contributed by atoms with van der Waals surface area (Å²) >= 11 is 0. The molecule has 2 nitrogen and oxygen atoms in total. The number of benzene rings is 1. The summed E-state index contributed by atoms with van der Waals surface area (Å²) in [5.41, 5.74) is 7.39. The average molecular weight is 224 g/mol. The Morgan fingerprint density at radius 2 is 2.06 bits per heavy atom. The minimum absolute atomic E-state index is 0.206. The zero-order valence-electron chi connectivity index (χ0n) is 10.3. The first-order valence-electron chi connectivity index (χ1n) is 5.90. The molecule has 1 aromatic carbocycles. The maximum Gasteiger partial charge on any atom is 0.130 e. The van der Waals surface area contributed by atoms with Gasteiger partial charge in [0, 0.05) is 30.4 Å². The molecule has 0 saturated heterocycles. The predicted octanol–water partition coefficient (Wildman–Crippen LogP) is 3.08. The SMILES string of the molecule is CCCN(CC)c1cccc(F)c1C(C)N. The van der Waals surface area contributed by atoms with Gasteiger partial charge in [-0.25, -0.2) is 4.39 Å². The third kappa shape index (κ3) is 2.73. The van der Waals surface area contributed by atoms with Crippen molar-refractivity contribution in [1.29, 1.82) is 0 Å². The second-order valence-corrected chi connectivity index (χ2v) is 4.04. The fourth-order valence-corrected chi connectivity index (χ4v) is 1.97. The van der Waals surface area contributed by atoms with Gasteiger partial charge in [0.2, 0.25) is 0 Å². The van der Waals surface area contributed by atoms with Crippen molar-refractivity contribution in [2.75, 3.05) is 18.0 Å². The minimum Gasteiger partial charge on any atom is -0.371 e. The summed E-state index contributed by atoms with van der Waals surface area (Å²) in [6.45, 7) is 7.82. The monoisotopic (exact) mass is 224 g/mol. The molecular weight excluding hydrogens is 203 g/mol. The average Bonchev–Trinajstić information content (AvgIpc) is 2.25. The van der Waals surface area contributed by atoms with E-state index in [1.165, 1.54) is 6.07 Å². The first kappa shape index (κ1) is 13.0. The standard InChI is InChI=1S/C13H21FN2/c1-4-9-16(5-2)12-8-6-7-11(14)13(12)10(3)15/h6-8,10H,4-5,9,15H2,1-3H3. The van der Waals surface area contributed by atoms with Crippen LogP contribution in [0.2, 0.25) is 0 Å². The quantitative estimate of drug-likeness (QED) is 0.832. The van der Waals surface area contributed by atoms with Crippen molar-refractivity contribution in [1.82, 2.24) is 0 Å². The summed E-state index contributed by atoms with van der Waals surface area (Å²) in [4.78, 5) is 2.17. The predicted molar refractivity (Wildman–Crippen MR) is 67.2 cm³/mol. The van der Waals surface area contributed by atoms with E-state index in [0.717, 1.165) is 25.2 Å². The van der Waals surface area contributed by atoms with Gasteiger partial charge in [-0.2, -0.15) is 0 Å². The lowest BCUT2D eigenvalue weighted by Crippen LogP contribution is -2.26. The molecule has 90 valence electrons. The summed E-state index contributed by atoms with van der Waals surface area (Å²) in [5, 5.41) is 0. The van der Waals surface area contributed by atoms with E-state index in [9.17, 15) is 4.39 Å². The number of rotatable bonds is 5. The number of nitrogens with two attached hydrogens (primary N) is 1. The van der Waals surface area contributed by atoms with Crippen molar-refractivity contribution in [3.8, 4) is 0 Å². The number of nitrogens with zero attached hydrogens (tertiary/aromatic N) is 1. The van der Waals surface area contributed by atoms with Crippen molar-refractivity contribution in [2.24, 2.45) is 5.73 Å². The molecular formula is C13H21FN2. The topological polar surface area (TPSA) is 29.3 Å². The zero-order valence-corrected chi connectivity index (χ0v) is 10.3. The Bertz CT molecular complexity index is 337. The van der Waals surface area contributed by atoms with E-state index in [0.29, 0.717) is 5.56 Å².